The van der Waals surface area contributed by atoms with Gasteiger partial charge in [0.15, 0.2) is 11.2 Å². The lowest BCUT2D eigenvalue weighted by Gasteiger charge is -2.09. The van der Waals surface area contributed by atoms with Crippen LogP contribution in [-0.4, -0.2) is 25.4 Å². The van der Waals surface area contributed by atoms with E-state index in [4.69, 9.17) is 4.74 Å². The van der Waals surface area contributed by atoms with Crippen molar-refractivity contribution >= 4 is 23.0 Å². The highest BCUT2D eigenvalue weighted by Crippen LogP contribution is 2.24. The number of aromatic nitrogens is 4. The number of fused-ring (bicyclic) bond motifs is 1. The lowest BCUT2D eigenvalue weighted by molar-refractivity contribution is 0.102. The molecule has 7 nitrogen and oxygen atoms in total. The van der Waals surface area contributed by atoms with E-state index in [0.717, 1.165) is 5.56 Å². The van der Waals surface area contributed by atoms with Crippen LogP contribution in [0.5, 0.6) is 5.88 Å². The van der Waals surface area contributed by atoms with Gasteiger partial charge in [-0.25, -0.2) is 4.98 Å². The molecule has 0 aliphatic heterocycles. The Bertz CT molecular complexity index is 1090. The summed E-state index contributed by atoms with van der Waals surface area (Å²) in [5.74, 6) is 0.237. The second-order valence-corrected chi connectivity index (χ2v) is 6.15. The van der Waals surface area contributed by atoms with Crippen LogP contribution in [0.1, 0.15) is 22.8 Å². The van der Waals surface area contributed by atoms with Gasteiger partial charge in [-0.3, -0.25) is 10.1 Å². The zero-order chi connectivity index (χ0) is 19.3. The Morgan fingerprint density at radius 1 is 1.04 bits per heavy atom. The number of rotatable bonds is 6. The summed E-state index contributed by atoms with van der Waals surface area (Å²) in [5.41, 5.74) is 2.72. The highest BCUT2D eigenvalue weighted by atomic mass is 16.5. The molecule has 0 aliphatic rings. The standard InChI is InChI=1S/C21H19N5O2/c1-2-26-14-22-17-18(26)23-21(24-19(27)16-11-7-4-8-12-16)25-20(17)28-13-15-9-5-3-6-10-15/h3-12,14H,2,13H2,1H3,(H,23,24,25,27). The molecule has 4 rings (SSSR count). The van der Waals surface area contributed by atoms with Crippen LogP contribution in [0.4, 0.5) is 5.95 Å². The molecule has 2 aromatic carbocycles. The number of carbonyl (C=O) groups excluding carboxylic acids is 1. The predicted octanol–water partition coefficient (Wildman–Crippen LogP) is 3.68. The molecule has 0 unspecified atom stereocenters. The van der Waals surface area contributed by atoms with Gasteiger partial charge in [-0.15, -0.1) is 0 Å². The van der Waals surface area contributed by atoms with Gasteiger partial charge < -0.3 is 9.30 Å². The highest BCUT2D eigenvalue weighted by molar-refractivity contribution is 6.03. The minimum Gasteiger partial charge on any atom is -0.471 e. The van der Waals surface area contributed by atoms with Crippen LogP contribution < -0.4 is 10.1 Å². The van der Waals surface area contributed by atoms with Crippen LogP contribution in [-0.2, 0) is 13.2 Å². The molecule has 0 bridgehead atoms. The molecule has 1 amide bonds. The van der Waals surface area contributed by atoms with Crippen LogP contribution in [0.3, 0.4) is 0 Å². The van der Waals surface area contributed by atoms with Gasteiger partial charge in [-0.1, -0.05) is 48.5 Å². The van der Waals surface area contributed by atoms with E-state index in [-0.39, 0.29) is 11.9 Å². The van der Waals surface area contributed by atoms with E-state index in [1.807, 2.05) is 47.9 Å². The molecule has 7 heteroatoms. The Morgan fingerprint density at radius 3 is 2.46 bits per heavy atom. The zero-order valence-corrected chi connectivity index (χ0v) is 15.4. The summed E-state index contributed by atoms with van der Waals surface area (Å²) < 4.78 is 7.79. The summed E-state index contributed by atoms with van der Waals surface area (Å²) >= 11 is 0. The van der Waals surface area contributed by atoms with E-state index >= 15 is 0 Å². The number of hydrogen-bond donors (Lipinski definition) is 1. The molecule has 140 valence electrons. The fourth-order valence-corrected chi connectivity index (χ4v) is 2.80. The summed E-state index contributed by atoms with van der Waals surface area (Å²) in [5, 5.41) is 2.75. The van der Waals surface area contributed by atoms with Crippen molar-refractivity contribution in [1.82, 2.24) is 19.5 Å². The molecule has 28 heavy (non-hydrogen) atoms. The maximum atomic E-state index is 12.5. The number of nitrogens with zero attached hydrogens (tertiary/aromatic N) is 4. The van der Waals surface area contributed by atoms with Gasteiger partial charge in [0.2, 0.25) is 11.8 Å². The number of benzene rings is 2. The Morgan fingerprint density at radius 2 is 1.75 bits per heavy atom. The molecule has 2 heterocycles. The summed E-state index contributed by atoms with van der Waals surface area (Å²) in [4.78, 5) is 25.7. The quantitative estimate of drug-likeness (QED) is 0.558. The van der Waals surface area contributed by atoms with Gasteiger partial charge in [-0.2, -0.15) is 9.97 Å². The van der Waals surface area contributed by atoms with Crippen molar-refractivity contribution in [3.8, 4) is 5.88 Å². The number of ether oxygens (including phenoxy) is 1. The summed E-state index contributed by atoms with van der Waals surface area (Å²) in [6.45, 7) is 3.03. The fourth-order valence-electron chi connectivity index (χ4n) is 2.80. The van der Waals surface area contributed by atoms with E-state index < -0.39 is 0 Å². The molecule has 0 atom stereocenters. The van der Waals surface area contributed by atoms with Crippen molar-refractivity contribution in [3.63, 3.8) is 0 Å². The van der Waals surface area contributed by atoms with E-state index in [1.54, 1.807) is 30.6 Å². The van der Waals surface area contributed by atoms with Gasteiger partial charge in [0, 0.05) is 12.1 Å². The molecule has 1 N–H and O–H groups in total. The molecule has 4 aromatic rings. The van der Waals surface area contributed by atoms with Crippen molar-refractivity contribution in [3.05, 3.63) is 78.1 Å². The monoisotopic (exact) mass is 373 g/mol. The van der Waals surface area contributed by atoms with Gasteiger partial charge >= 0.3 is 0 Å². The molecular formula is C21H19N5O2. The maximum Gasteiger partial charge on any atom is 0.258 e. The lowest BCUT2D eigenvalue weighted by atomic mass is 10.2. The Kier molecular flexibility index (Phi) is 4.97. The van der Waals surface area contributed by atoms with E-state index in [1.165, 1.54) is 0 Å². The summed E-state index contributed by atoms with van der Waals surface area (Å²) in [6.07, 6.45) is 1.69. The van der Waals surface area contributed by atoms with Crippen LogP contribution in [0.2, 0.25) is 0 Å². The number of aryl methyl sites for hydroxylation is 1. The molecule has 0 saturated heterocycles. The minimum absolute atomic E-state index is 0.180. The molecular weight excluding hydrogens is 354 g/mol. The Labute approximate surface area is 162 Å². The third-order valence-electron chi connectivity index (χ3n) is 4.25. The third-order valence-corrected chi connectivity index (χ3v) is 4.25. The summed E-state index contributed by atoms with van der Waals surface area (Å²) in [7, 11) is 0. The first-order valence-corrected chi connectivity index (χ1v) is 9.00. The number of amides is 1. The molecule has 0 saturated carbocycles. The number of nitrogens with one attached hydrogen (secondary N) is 1. The first kappa shape index (κ1) is 17.7. The number of hydrogen-bond acceptors (Lipinski definition) is 5. The van der Waals surface area contributed by atoms with Crippen molar-refractivity contribution in [2.75, 3.05) is 5.32 Å². The van der Waals surface area contributed by atoms with Crippen LogP contribution in [0.15, 0.2) is 67.0 Å². The lowest BCUT2D eigenvalue weighted by Crippen LogP contribution is -2.15. The molecule has 0 aliphatic carbocycles. The fraction of sp³-hybridized carbons (Fsp3) is 0.143. The number of anilines is 1. The number of carbonyl (C=O) groups is 1. The average Bonchev–Trinajstić information content (AvgIpc) is 3.16. The van der Waals surface area contributed by atoms with Crippen LogP contribution >= 0.6 is 0 Å². The highest BCUT2D eigenvalue weighted by Gasteiger charge is 2.16. The van der Waals surface area contributed by atoms with Crippen molar-refractivity contribution in [2.24, 2.45) is 0 Å². The molecule has 2 aromatic heterocycles. The Hall–Kier alpha value is -3.74. The predicted molar refractivity (Wildman–Crippen MR) is 106 cm³/mol. The van der Waals surface area contributed by atoms with Gasteiger partial charge in [0.1, 0.15) is 6.61 Å². The minimum atomic E-state index is -0.281. The van der Waals surface area contributed by atoms with Gasteiger partial charge in [-0.05, 0) is 24.6 Å². The topological polar surface area (TPSA) is 81.9 Å². The first-order chi connectivity index (χ1) is 13.7. The van der Waals surface area contributed by atoms with Gasteiger partial charge in [0.05, 0.1) is 6.33 Å². The molecule has 0 fully saturated rings. The zero-order valence-electron chi connectivity index (χ0n) is 15.4. The van der Waals surface area contributed by atoms with Crippen molar-refractivity contribution in [1.29, 1.82) is 0 Å². The average molecular weight is 373 g/mol. The largest absolute Gasteiger partial charge is 0.471 e. The second kappa shape index (κ2) is 7.87. The second-order valence-electron chi connectivity index (χ2n) is 6.15. The normalized spacial score (nSPS) is 10.8. The van der Waals surface area contributed by atoms with Crippen LogP contribution in [0, 0.1) is 0 Å². The Balaban J connectivity index is 1.65. The first-order valence-electron chi connectivity index (χ1n) is 9.00. The SMILES string of the molecule is CCn1cnc2c(OCc3ccccc3)nc(NC(=O)c3ccccc3)nc21. The smallest absolute Gasteiger partial charge is 0.258 e. The van der Waals surface area contributed by atoms with Crippen molar-refractivity contribution in [2.45, 2.75) is 20.1 Å². The molecule has 0 radical (unpaired) electrons. The maximum absolute atomic E-state index is 12.5. The number of imidazole rings is 1. The molecule has 0 spiro atoms. The van der Waals surface area contributed by atoms with Crippen molar-refractivity contribution < 1.29 is 9.53 Å². The van der Waals surface area contributed by atoms with Crippen LogP contribution in [0.25, 0.3) is 11.2 Å². The van der Waals surface area contributed by atoms with E-state index in [2.05, 4.69) is 20.3 Å². The van der Waals surface area contributed by atoms with E-state index in [9.17, 15) is 4.79 Å². The summed E-state index contributed by atoms with van der Waals surface area (Å²) in [6, 6.07) is 18.7. The van der Waals surface area contributed by atoms with Gasteiger partial charge in [0.25, 0.3) is 5.91 Å². The third kappa shape index (κ3) is 3.68. The van der Waals surface area contributed by atoms with E-state index in [0.29, 0.717) is 35.8 Å².